The molecule has 3 N–H and O–H groups in total. The SMILES string of the molecule is COc1nc(N)nc(NCc2cccc3cccnc23)n1. The zero-order chi connectivity index (χ0) is 14.7. The molecule has 7 heteroatoms. The van der Waals surface area contributed by atoms with Crippen molar-refractivity contribution < 1.29 is 4.74 Å². The molecular weight excluding hydrogens is 268 g/mol. The maximum atomic E-state index is 5.60. The van der Waals surface area contributed by atoms with Crippen molar-refractivity contribution in [3.8, 4) is 6.01 Å². The lowest BCUT2D eigenvalue weighted by molar-refractivity contribution is 0.379. The van der Waals surface area contributed by atoms with E-state index in [0.29, 0.717) is 12.5 Å². The molecule has 0 fully saturated rings. The molecule has 0 saturated heterocycles. The first kappa shape index (κ1) is 13.0. The molecule has 0 atom stereocenters. The minimum Gasteiger partial charge on any atom is -0.467 e. The second-order valence-corrected chi connectivity index (χ2v) is 4.35. The number of para-hydroxylation sites is 1. The average Bonchev–Trinajstić information content (AvgIpc) is 2.52. The Bertz CT molecular complexity index is 771. The molecule has 3 rings (SSSR count). The van der Waals surface area contributed by atoms with Crippen LogP contribution in [0.1, 0.15) is 5.56 Å². The van der Waals surface area contributed by atoms with E-state index in [4.69, 9.17) is 10.5 Å². The Balaban J connectivity index is 1.85. The van der Waals surface area contributed by atoms with Gasteiger partial charge in [0.15, 0.2) is 0 Å². The third-order valence-electron chi connectivity index (χ3n) is 2.97. The Hall–Kier alpha value is -2.96. The molecule has 0 radical (unpaired) electrons. The first-order valence-electron chi connectivity index (χ1n) is 6.38. The fraction of sp³-hybridized carbons (Fsp3) is 0.143. The van der Waals surface area contributed by atoms with E-state index in [1.165, 1.54) is 7.11 Å². The van der Waals surface area contributed by atoms with Crippen molar-refractivity contribution >= 4 is 22.8 Å². The third kappa shape index (κ3) is 2.81. The van der Waals surface area contributed by atoms with Crippen LogP contribution in [0, 0.1) is 0 Å². The molecule has 7 nitrogen and oxygen atoms in total. The zero-order valence-corrected chi connectivity index (χ0v) is 11.4. The van der Waals surface area contributed by atoms with Gasteiger partial charge in [0.1, 0.15) is 0 Å². The molecule has 2 aromatic heterocycles. The zero-order valence-electron chi connectivity index (χ0n) is 11.4. The fourth-order valence-electron chi connectivity index (χ4n) is 2.03. The fourth-order valence-corrected chi connectivity index (χ4v) is 2.03. The van der Waals surface area contributed by atoms with E-state index < -0.39 is 0 Å². The first-order valence-corrected chi connectivity index (χ1v) is 6.38. The van der Waals surface area contributed by atoms with Crippen LogP contribution in [0.5, 0.6) is 6.01 Å². The van der Waals surface area contributed by atoms with Crippen LogP contribution >= 0.6 is 0 Å². The van der Waals surface area contributed by atoms with Gasteiger partial charge in [-0.25, -0.2) is 0 Å². The maximum absolute atomic E-state index is 5.60. The predicted octanol–water partition coefficient (Wildman–Crippen LogP) is 1.62. The summed E-state index contributed by atoms with van der Waals surface area (Å²) in [5, 5.41) is 4.19. The number of anilines is 2. The molecule has 0 aliphatic rings. The number of nitrogen functional groups attached to an aromatic ring is 1. The van der Waals surface area contributed by atoms with Crippen molar-refractivity contribution in [3.63, 3.8) is 0 Å². The number of ether oxygens (including phenoxy) is 1. The van der Waals surface area contributed by atoms with E-state index in [9.17, 15) is 0 Å². The smallest absolute Gasteiger partial charge is 0.322 e. The second-order valence-electron chi connectivity index (χ2n) is 4.35. The van der Waals surface area contributed by atoms with Crippen molar-refractivity contribution in [2.45, 2.75) is 6.54 Å². The van der Waals surface area contributed by atoms with E-state index in [-0.39, 0.29) is 12.0 Å². The number of nitrogens with one attached hydrogen (secondary N) is 1. The highest BCUT2D eigenvalue weighted by molar-refractivity contribution is 5.81. The largest absolute Gasteiger partial charge is 0.467 e. The number of fused-ring (bicyclic) bond motifs is 1. The van der Waals surface area contributed by atoms with E-state index in [1.807, 2.05) is 30.3 Å². The summed E-state index contributed by atoms with van der Waals surface area (Å²) in [5.41, 5.74) is 7.59. The van der Waals surface area contributed by atoms with Crippen LogP contribution in [0.3, 0.4) is 0 Å². The van der Waals surface area contributed by atoms with Crippen LogP contribution in [-0.4, -0.2) is 27.0 Å². The van der Waals surface area contributed by atoms with Gasteiger partial charge < -0.3 is 15.8 Å². The van der Waals surface area contributed by atoms with Gasteiger partial charge in [-0.1, -0.05) is 24.3 Å². The summed E-state index contributed by atoms with van der Waals surface area (Å²) in [7, 11) is 1.48. The van der Waals surface area contributed by atoms with Gasteiger partial charge in [-0.3, -0.25) is 4.98 Å². The molecule has 1 aromatic carbocycles. The molecule has 3 aromatic rings. The molecule has 0 aliphatic heterocycles. The standard InChI is InChI=1S/C14H14N6O/c1-21-14-19-12(15)18-13(20-14)17-8-10-5-2-4-9-6-3-7-16-11(9)10/h2-7H,8H2,1H3,(H3,15,17,18,19,20). The van der Waals surface area contributed by atoms with E-state index in [2.05, 4.69) is 25.3 Å². The highest BCUT2D eigenvalue weighted by Crippen LogP contribution is 2.17. The lowest BCUT2D eigenvalue weighted by Crippen LogP contribution is -2.08. The minimum absolute atomic E-state index is 0.111. The third-order valence-corrected chi connectivity index (χ3v) is 2.97. The highest BCUT2D eigenvalue weighted by atomic mass is 16.5. The van der Waals surface area contributed by atoms with Gasteiger partial charge in [-0.2, -0.15) is 15.0 Å². The summed E-state index contributed by atoms with van der Waals surface area (Å²) in [4.78, 5) is 16.4. The first-order chi connectivity index (χ1) is 10.3. The van der Waals surface area contributed by atoms with Crippen LogP contribution in [0.2, 0.25) is 0 Å². The Kier molecular flexibility index (Phi) is 3.46. The number of nitrogens with two attached hydrogens (primary N) is 1. The lowest BCUT2D eigenvalue weighted by atomic mass is 10.1. The van der Waals surface area contributed by atoms with Gasteiger partial charge in [-0.15, -0.1) is 0 Å². The quantitative estimate of drug-likeness (QED) is 0.750. The molecule has 0 bridgehead atoms. The minimum atomic E-state index is 0.111. The monoisotopic (exact) mass is 282 g/mol. The summed E-state index contributed by atoms with van der Waals surface area (Å²) in [5.74, 6) is 0.479. The van der Waals surface area contributed by atoms with Crippen molar-refractivity contribution in [1.29, 1.82) is 0 Å². The molecule has 2 heterocycles. The van der Waals surface area contributed by atoms with Crippen molar-refractivity contribution in [2.75, 3.05) is 18.2 Å². The second kappa shape index (κ2) is 5.58. The number of hydrogen-bond acceptors (Lipinski definition) is 7. The number of aromatic nitrogens is 4. The van der Waals surface area contributed by atoms with Crippen molar-refractivity contribution in [2.24, 2.45) is 0 Å². The van der Waals surface area contributed by atoms with Crippen molar-refractivity contribution in [3.05, 3.63) is 42.1 Å². The molecule has 0 saturated carbocycles. The van der Waals surface area contributed by atoms with Gasteiger partial charge in [0.2, 0.25) is 11.9 Å². The van der Waals surface area contributed by atoms with Crippen LogP contribution in [0.15, 0.2) is 36.5 Å². The Morgan fingerprint density at radius 3 is 2.86 bits per heavy atom. The predicted molar refractivity (Wildman–Crippen MR) is 79.9 cm³/mol. The topological polar surface area (TPSA) is 98.8 Å². The molecule has 0 unspecified atom stereocenters. The van der Waals surface area contributed by atoms with Crippen LogP contribution < -0.4 is 15.8 Å². The van der Waals surface area contributed by atoms with Crippen molar-refractivity contribution in [1.82, 2.24) is 19.9 Å². The molecule has 0 aliphatic carbocycles. The Morgan fingerprint density at radius 1 is 1.14 bits per heavy atom. The number of nitrogens with zero attached hydrogens (tertiary/aromatic N) is 4. The summed E-state index contributed by atoms with van der Waals surface area (Å²) >= 11 is 0. The Labute approximate surface area is 121 Å². The van der Waals surface area contributed by atoms with Crippen LogP contribution in [0.25, 0.3) is 10.9 Å². The molecule has 106 valence electrons. The lowest BCUT2D eigenvalue weighted by Gasteiger charge is -2.08. The summed E-state index contributed by atoms with van der Waals surface area (Å²) in [6.07, 6.45) is 1.77. The summed E-state index contributed by atoms with van der Waals surface area (Å²) in [6, 6.07) is 10.1. The van der Waals surface area contributed by atoms with E-state index in [0.717, 1.165) is 16.5 Å². The average molecular weight is 282 g/mol. The van der Waals surface area contributed by atoms with Crippen LogP contribution in [0.4, 0.5) is 11.9 Å². The van der Waals surface area contributed by atoms with Gasteiger partial charge in [0, 0.05) is 18.1 Å². The summed E-state index contributed by atoms with van der Waals surface area (Å²) in [6.45, 7) is 0.529. The van der Waals surface area contributed by atoms with Gasteiger partial charge in [0.25, 0.3) is 0 Å². The van der Waals surface area contributed by atoms with E-state index >= 15 is 0 Å². The molecule has 0 amide bonds. The van der Waals surface area contributed by atoms with E-state index in [1.54, 1.807) is 6.20 Å². The highest BCUT2D eigenvalue weighted by Gasteiger charge is 2.06. The van der Waals surface area contributed by atoms with Crippen LogP contribution in [-0.2, 0) is 6.54 Å². The molecule has 0 spiro atoms. The Morgan fingerprint density at radius 2 is 2.00 bits per heavy atom. The maximum Gasteiger partial charge on any atom is 0.322 e. The normalized spacial score (nSPS) is 10.5. The van der Waals surface area contributed by atoms with Gasteiger partial charge >= 0.3 is 6.01 Å². The molecular formula is C14H14N6O. The summed E-state index contributed by atoms with van der Waals surface area (Å²) < 4.78 is 4.96. The number of methoxy groups -OCH3 is 1. The number of benzene rings is 1. The molecule has 21 heavy (non-hydrogen) atoms. The number of pyridine rings is 1. The number of hydrogen-bond donors (Lipinski definition) is 2. The van der Waals surface area contributed by atoms with Gasteiger partial charge in [-0.05, 0) is 11.6 Å². The number of rotatable bonds is 4. The van der Waals surface area contributed by atoms with Gasteiger partial charge in [0.05, 0.1) is 12.6 Å².